The van der Waals surface area contributed by atoms with Crippen LogP contribution in [-0.2, 0) is 4.74 Å². The number of ether oxygens (including phenoxy) is 1. The van der Waals surface area contributed by atoms with Crippen LogP contribution in [0.4, 0.5) is 10.6 Å². The number of nitrogens with one attached hydrogen (secondary N) is 2. The molecule has 0 atom stereocenters. The number of aromatic carboxylic acids is 1. The minimum Gasteiger partial charge on any atom is -0.477 e. The van der Waals surface area contributed by atoms with Crippen molar-refractivity contribution in [1.29, 1.82) is 0 Å². The Bertz CT molecular complexity index is 450. The molecule has 0 aliphatic rings. The van der Waals surface area contributed by atoms with Crippen molar-refractivity contribution < 1.29 is 19.4 Å². The third-order valence-electron chi connectivity index (χ3n) is 1.56. The predicted octanol–water partition coefficient (Wildman–Crippen LogP) is 2.22. The molecule has 7 nitrogen and oxygen atoms in total. The van der Waals surface area contributed by atoms with E-state index in [1.54, 1.807) is 20.8 Å². The number of carbonyl (C=O) groups excluding carboxylic acids is 1. The fraction of sp³-hybridized carbons (Fsp3) is 0.444. The Kier molecular flexibility index (Phi) is 3.76. The molecule has 0 aliphatic heterocycles. The van der Waals surface area contributed by atoms with Gasteiger partial charge in [-0.3, -0.25) is 10.4 Å². The SMILES string of the molecule is CC(C)(C)OC(=O)Nc1n[nH]c(Br)c1C(=O)O. The van der Waals surface area contributed by atoms with Gasteiger partial charge in [0.2, 0.25) is 0 Å². The summed E-state index contributed by atoms with van der Waals surface area (Å²) in [6, 6.07) is 0. The van der Waals surface area contributed by atoms with E-state index in [0.29, 0.717) is 0 Å². The first kappa shape index (κ1) is 13.5. The van der Waals surface area contributed by atoms with Crippen LogP contribution >= 0.6 is 15.9 Å². The molecular weight excluding hydrogens is 294 g/mol. The standard InChI is InChI=1S/C9H12BrN3O4/c1-9(2,3)17-8(16)11-6-4(7(14)15)5(10)12-13-6/h1-3H3,(H,14,15)(H2,11,12,13,16). The fourth-order valence-corrected chi connectivity index (χ4v) is 1.45. The number of aromatic amines is 1. The molecule has 0 fully saturated rings. The Morgan fingerprint density at radius 3 is 2.53 bits per heavy atom. The normalized spacial score (nSPS) is 11.1. The first-order valence-electron chi connectivity index (χ1n) is 4.68. The highest BCUT2D eigenvalue weighted by molar-refractivity contribution is 9.10. The van der Waals surface area contributed by atoms with E-state index in [4.69, 9.17) is 9.84 Å². The van der Waals surface area contributed by atoms with E-state index >= 15 is 0 Å². The summed E-state index contributed by atoms with van der Waals surface area (Å²) in [7, 11) is 0. The Balaban J connectivity index is 2.83. The smallest absolute Gasteiger partial charge is 0.413 e. The lowest BCUT2D eigenvalue weighted by Crippen LogP contribution is -2.27. The molecule has 94 valence electrons. The molecule has 0 bridgehead atoms. The van der Waals surface area contributed by atoms with Gasteiger partial charge in [-0.25, -0.2) is 9.59 Å². The molecule has 1 aromatic rings. The van der Waals surface area contributed by atoms with Crippen LogP contribution in [0.5, 0.6) is 0 Å². The number of nitrogens with zero attached hydrogens (tertiary/aromatic N) is 1. The van der Waals surface area contributed by atoms with E-state index < -0.39 is 17.7 Å². The summed E-state index contributed by atoms with van der Waals surface area (Å²) in [6.07, 6.45) is -0.765. The highest BCUT2D eigenvalue weighted by atomic mass is 79.9. The maximum Gasteiger partial charge on any atom is 0.413 e. The number of anilines is 1. The minimum atomic E-state index is -1.21. The molecule has 0 spiro atoms. The van der Waals surface area contributed by atoms with Gasteiger partial charge in [-0.05, 0) is 36.7 Å². The van der Waals surface area contributed by atoms with Crippen molar-refractivity contribution in [3.63, 3.8) is 0 Å². The van der Waals surface area contributed by atoms with Crippen LogP contribution in [0.3, 0.4) is 0 Å². The summed E-state index contributed by atoms with van der Waals surface area (Å²) >= 11 is 2.98. The number of halogens is 1. The molecule has 0 unspecified atom stereocenters. The molecule has 0 saturated carbocycles. The number of carbonyl (C=O) groups is 2. The Morgan fingerprint density at radius 2 is 2.06 bits per heavy atom. The topological polar surface area (TPSA) is 104 Å². The van der Waals surface area contributed by atoms with Crippen LogP contribution in [0.25, 0.3) is 0 Å². The second-order valence-corrected chi connectivity index (χ2v) is 4.99. The van der Waals surface area contributed by atoms with Crippen LogP contribution in [-0.4, -0.2) is 33.0 Å². The molecule has 3 N–H and O–H groups in total. The highest BCUT2D eigenvalue weighted by Crippen LogP contribution is 2.22. The van der Waals surface area contributed by atoms with Gasteiger partial charge >= 0.3 is 12.1 Å². The summed E-state index contributed by atoms with van der Waals surface area (Å²) < 4.78 is 5.15. The first-order valence-corrected chi connectivity index (χ1v) is 5.47. The number of hydrogen-bond acceptors (Lipinski definition) is 4. The van der Waals surface area contributed by atoms with E-state index in [2.05, 4.69) is 31.4 Å². The fourth-order valence-electron chi connectivity index (χ4n) is 1.01. The van der Waals surface area contributed by atoms with Crippen molar-refractivity contribution in [2.45, 2.75) is 26.4 Å². The number of hydrogen-bond donors (Lipinski definition) is 3. The highest BCUT2D eigenvalue weighted by Gasteiger charge is 2.22. The van der Waals surface area contributed by atoms with Gasteiger partial charge in [0, 0.05) is 0 Å². The van der Waals surface area contributed by atoms with Crippen molar-refractivity contribution in [2.75, 3.05) is 5.32 Å². The van der Waals surface area contributed by atoms with Gasteiger partial charge in [0.05, 0.1) is 0 Å². The van der Waals surface area contributed by atoms with Gasteiger partial charge in [0.1, 0.15) is 15.8 Å². The molecule has 1 aromatic heterocycles. The molecular formula is C9H12BrN3O4. The lowest BCUT2D eigenvalue weighted by Gasteiger charge is -2.19. The largest absolute Gasteiger partial charge is 0.477 e. The third kappa shape index (κ3) is 3.74. The van der Waals surface area contributed by atoms with Crippen molar-refractivity contribution in [3.8, 4) is 0 Å². The number of amides is 1. The van der Waals surface area contributed by atoms with E-state index in [-0.39, 0.29) is 16.0 Å². The lowest BCUT2D eigenvalue weighted by molar-refractivity contribution is 0.0635. The summed E-state index contributed by atoms with van der Waals surface area (Å²) in [4.78, 5) is 22.3. The van der Waals surface area contributed by atoms with Crippen molar-refractivity contribution in [3.05, 3.63) is 10.2 Å². The Hall–Kier alpha value is -1.57. The average Bonchev–Trinajstić information content (AvgIpc) is 2.42. The van der Waals surface area contributed by atoms with Gasteiger partial charge in [0.25, 0.3) is 0 Å². The van der Waals surface area contributed by atoms with Crippen LogP contribution in [0, 0.1) is 0 Å². The molecule has 8 heteroatoms. The molecule has 1 heterocycles. The maximum atomic E-state index is 11.4. The molecule has 1 rings (SSSR count). The van der Waals surface area contributed by atoms with Gasteiger partial charge in [-0.1, -0.05) is 0 Å². The Morgan fingerprint density at radius 1 is 1.47 bits per heavy atom. The van der Waals surface area contributed by atoms with Gasteiger partial charge < -0.3 is 9.84 Å². The minimum absolute atomic E-state index is 0.0985. The first-order chi connectivity index (χ1) is 7.70. The molecule has 0 saturated heterocycles. The van der Waals surface area contributed by atoms with Crippen molar-refractivity contribution in [1.82, 2.24) is 10.2 Å². The monoisotopic (exact) mass is 305 g/mol. The second kappa shape index (κ2) is 4.74. The quantitative estimate of drug-likeness (QED) is 0.777. The second-order valence-electron chi connectivity index (χ2n) is 4.19. The van der Waals surface area contributed by atoms with Gasteiger partial charge in [0.15, 0.2) is 5.82 Å². The van der Waals surface area contributed by atoms with E-state index in [1.807, 2.05) is 0 Å². The predicted molar refractivity (Wildman–Crippen MR) is 63.1 cm³/mol. The molecule has 1 amide bonds. The van der Waals surface area contributed by atoms with Crippen molar-refractivity contribution in [2.24, 2.45) is 0 Å². The van der Waals surface area contributed by atoms with E-state index in [9.17, 15) is 9.59 Å². The summed E-state index contributed by atoms with van der Waals surface area (Å²) in [5, 5.41) is 17.2. The summed E-state index contributed by atoms with van der Waals surface area (Å²) in [6.45, 7) is 5.10. The van der Waals surface area contributed by atoms with Gasteiger partial charge in [-0.2, -0.15) is 5.10 Å². The van der Waals surface area contributed by atoms with Crippen LogP contribution in [0.15, 0.2) is 4.60 Å². The number of carboxylic acid groups (broad SMARTS) is 1. The lowest BCUT2D eigenvalue weighted by atomic mass is 10.2. The van der Waals surface area contributed by atoms with Crippen LogP contribution in [0.2, 0.25) is 0 Å². The number of H-pyrrole nitrogens is 1. The number of rotatable bonds is 2. The average molecular weight is 306 g/mol. The summed E-state index contributed by atoms with van der Waals surface area (Å²) in [5.41, 5.74) is -0.822. The summed E-state index contributed by atoms with van der Waals surface area (Å²) in [5.74, 6) is -1.31. The van der Waals surface area contributed by atoms with Crippen LogP contribution < -0.4 is 5.32 Å². The van der Waals surface area contributed by atoms with Gasteiger partial charge in [-0.15, -0.1) is 0 Å². The number of carboxylic acids is 1. The van der Waals surface area contributed by atoms with Crippen LogP contribution in [0.1, 0.15) is 31.1 Å². The third-order valence-corrected chi connectivity index (χ3v) is 2.13. The van der Waals surface area contributed by atoms with Crippen molar-refractivity contribution >= 4 is 33.8 Å². The zero-order valence-electron chi connectivity index (χ0n) is 9.50. The van der Waals surface area contributed by atoms with E-state index in [1.165, 1.54) is 0 Å². The molecule has 0 aliphatic carbocycles. The molecule has 0 radical (unpaired) electrons. The molecule has 17 heavy (non-hydrogen) atoms. The van der Waals surface area contributed by atoms with E-state index in [0.717, 1.165) is 0 Å². The zero-order valence-corrected chi connectivity index (χ0v) is 11.1. The molecule has 0 aromatic carbocycles. The zero-order chi connectivity index (χ0) is 13.2. The maximum absolute atomic E-state index is 11.4. The Labute approximate surface area is 106 Å². The number of aromatic nitrogens is 2.